The third-order valence-corrected chi connectivity index (χ3v) is 4.89. The molecule has 0 bridgehead atoms. The molecule has 4 heteroatoms. The Bertz CT molecular complexity index is 327. The molecule has 0 saturated carbocycles. The average Bonchev–Trinajstić information content (AvgIpc) is 2.43. The molecule has 0 aliphatic heterocycles. The van der Waals surface area contributed by atoms with Crippen molar-refractivity contribution in [2.24, 2.45) is 0 Å². The summed E-state index contributed by atoms with van der Waals surface area (Å²) in [5.74, 6) is 0. The molecule has 0 atom stereocenters. The van der Waals surface area contributed by atoms with Crippen molar-refractivity contribution in [2.45, 2.75) is 51.9 Å². The van der Waals surface area contributed by atoms with Gasteiger partial charge in [-0.15, -0.1) is 0 Å². The maximum atomic E-state index is 9.93. The molecule has 0 fully saturated rings. The van der Waals surface area contributed by atoms with Crippen LogP contribution in [-0.4, -0.2) is 16.4 Å². The first kappa shape index (κ1) is 16.6. The fraction of sp³-hybridized carbons (Fsp3) is 0.600. The van der Waals surface area contributed by atoms with E-state index in [1.165, 1.54) is 32.1 Å². The van der Waals surface area contributed by atoms with Crippen LogP contribution in [0.4, 0.5) is 0 Å². The minimum absolute atomic E-state index is 0.432. The average molecular weight is 286 g/mol. The first-order valence-corrected chi connectivity index (χ1v) is 9.11. The number of unbranched alkanes of at least 4 members (excludes halogenated alkanes) is 6. The van der Waals surface area contributed by atoms with E-state index in [4.69, 9.17) is 4.52 Å². The van der Waals surface area contributed by atoms with E-state index in [1.54, 1.807) is 24.3 Å². The molecule has 0 saturated heterocycles. The Hall–Kier alpha value is -0.470. The quantitative estimate of drug-likeness (QED) is 0.511. The molecule has 0 aromatic heterocycles. The molecule has 1 aromatic rings. The Balaban J connectivity index is 2.12. The summed E-state index contributed by atoms with van der Waals surface area (Å²) in [6.07, 6.45) is 8.36. The third-order valence-electron chi connectivity index (χ3n) is 3.20. The van der Waals surface area contributed by atoms with Gasteiger partial charge < -0.3 is 0 Å². The number of hydrogen-bond donors (Lipinski definition) is 2. The van der Waals surface area contributed by atoms with Gasteiger partial charge in [-0.2, -0.15) is 0 Å². The van der Waals surface area contributed by atoms with Gasteiger partial charge in [0.25, 0.3) is 0 Å². The third kappa shape index (κ3) is 7.03. The summed E-state index contributed by atoms with van der Waals surface area (Å²) in [4.78, 5) is 19.9. The first-order valence-electron chi connectivity index (χ1n) is 7.31. The zero-order chi connectivity index (χ0) is 14.0. The van der Waals surface area contributed by atoms with Crippen LogP contribution in [0.3, 0.4) is 0 Å². The van der Waals surface area contributed by atoms with E-state index in [2.05, 4.69) is 6.92 Å². The van der Waals surface area contributed by atoms with Crippen molar-refractivity contribution in [3.05, 3.63) is 30.3 Å². The molecule has 3 nitrogen and oxygen atoms in total. The number of rotatable bonds is 10. The van der Waals surface area contributed by atoms with Crippen LogP contribution in [0.15, 0.2) is 30.3 Å². The van der Waals surface area contributed by atoms with Gasteiger partial charge in [0.1, 0.15) is 0 Å². The predicted octanol–water partition coefficient (Wildman–Crippen LogP) is 3.56. The van der Waals surface area contributed by atoms with Gasteiger partial charge in [0.05, 0.1) is 0 Å². The summed E-state index contributed by atoms with van der Waals surface area (Å²) in [7, 11) is -3.66. The molecule has 0 heterocycles. The molecule has 0 unspecified atom stereocenters. The Morgan fingerprint density at radius 3 is 2.11 bits per heavy atom. The van der Waals surface area contributed by atoms with E-state index in [1.807, 2.05) is 6.07 Å². The molecule has 1 aromatic carbocycles. The Morgan fingerprint density at radius 2 is 1.47 bits per heavy atom. The maximum absolute atomic E-state index is 9.93. The molecule has 1 rings (SSSR count). The number of hydrogen-bond acceptors (Lipinski definition) is 3. The summed E-state index contributed by atoms with van der Waals surface area (Å²) in [5, 5.41) is 0.512. The standard InChI is InChI=1S/C15H27O3P/c1-2-3-4-5-6-7-11-14-18-19(16,17)15-12-9-8-10-13-15/h8-10,12-13,16-17,19H,2-7,11,14H2,1H3. The van der Waals surface area contributed by atoms with E-state index < -0.39 is 7.94 Å². The molecule has 0 aliphatic carbocycles. The van der Waals surface area contributed by atoms with Crippen molar-refractivity contribution in [1.82, 2.24) is 0 Å². The van der Waals surface area contributed by atoms with Crippen LogP contribution in [0.1, 0.15) is 51.9 Å². The molecule has 0 amide bonds. The van der Waals surface area contributed by atoms with Crippen LogP contribution >= 0.6 is 7.94 Å². The molecule has 19 heavy (non-hydrogen) atoms. The monoisotopic (exact) mass is 286 g/mol. The summed E-state index contributed by atoms with van der Waals surface area (Å²) in [6.45, 7) is 2.64. The SMILES string of the molecule is CCCCCCCCCO[PH](O)(O)c1ccccc1. The van der Waals surface area contributed by atoms with Gasteiger partial charge in [-0.25, -0.2) is 0 Å². The molecule has 110 valence electrons. The fourth-order valence-electron chi connectivity index (χ4n) is 2.01. The normalized spacial score (nSPS) is 12.6. The summed E-state index contributed by atoms with van der Waals surface area (Å²) < 4.78 is 5.29. The van der Waals surface area contributed by atoms with Crippen molar-refractivity contribution in [1.29, 1.82) is 0 Å². The van der Waals surface area contributed by atoms with Gasteiger partial charge in [0.2, 0.25) is 0 Å². The molecule has 0 aliphatic rings. The van der Waals surface area contributed by atoms with Gasteiger partial charge in [0, 0.05) is 0 Å². The second-order valence-corrected chi connectivity index (χ2v) is 7.03. The van der Waals surface area contributed by atoms with E-state index in [0.717, 1.165) is 12.8 Å². The first-order chi connectivity index (χ1) is 9.17. The van der Waals surface area contributed by atoms with Crippen LogP contribution in [0.25, 0.3) is 0 Å². The molecule has 0 spiro atoms. The van der Waals surface area contributed by atoms with E-state index in [0.29, 0.717) is 11.9 Å². The Labute approximate surface area is 117 Å². The van der Waals surface area contributed by atoms with Crippen LogP contribution in [-0.2, 0) is 4.52 Å². The molecular weight excluding hydrogens is 259 g/mol. The Morgan fingerprint density at radius 1 is 0.895 bits per heavy atom. The zero-order valence-electron chi connectivity index (χ0n) is 11.8. The second kappa shape index (κ2) is 9.44. The van der Waals surface area contributed by atoms with Crippen molar-refractivity contribution < 1.29 is 14.3 Å². The van der Waals surface area contributed by atoms with Crippen LogP contribution in [0.5, 0.6) is 0 Å². The van der Waals surface area contributed by atoms with Crippen molar-refractivity contribution >= 4 is 13.2 Å². The van der Waals surface area contributed by atoms with Crippen LogP contribution in [0, 0.1) is 0 Å². The van der Waals surface area contributed by atoms with Crippen molar-refractivity contribution in [3.8, 4) is 0 Å². The van der Waals surface area contributed by atoms with Gasteiger partial charge in [-0.05, 0) is 0 Å². The fourth-order valence-corrected chi connectivity index (χ4v) is 3.23. The Kier molecular flexibility index (Phi) is 8.24. The minimum atomic E-state index is -3.66. The van der Waals surface area contributed by atoms with Crippen molar-refractivity contribution in [3.63, 3.8) is 0 Å². The van der Waals surface area contributed by atoms with Crippen LogP contribution in [0.2, 0.25) is 0 Å². The van der Waals surface area contributed by atoms with Gasteiger partial charge in [0.15, 0.2) is 0 Å². The molecule has 0 radical (unpaired) electrons. The van der Waals surface area contributed by atoms with Crippen molar-refractivity contribution in [2.75, 3.05) is 6.61 Å². The number of benzene rings is 1. The summed E-state index contributed by atoms with van der Waals surface area (Å²) >= 11 is 0. The molecule has 2 N–H and O–H groups in total. The van der Waals surface area contributed by atoms with E-state index in [-0.39, 0.29) is 0 Å². The van der Waals surface area contributed by atoms with Crippen LogP contribution < -0.4 is 5.30 Å². The van der Waals surface area contributed by atoms with Gasteiger partial charge >= 0.3 is 116 Å². The summed E-state index contributed by atoms with van der Waals surface area (Å²) in [5.41, 5.74) is 0. The summed E-state index contributed by atoms with van der Waals surface area (Å²) in [6, 6.07) is 8.85. The topological polar surface area (TPSA) is 49.7 Å². The van der Waals surface area contributed by atoms with E-state index >= 15 is 0 Å². The zero-order valence-corrected chi connectivity index (χ0v) is 12.8. The van der Waals surface area contributed by atoms with Gasteiger partial charge in [-0.3, -0.25) is 0 Å². The second-order valence-electron chi connectivity index (χ2n) is 4.94. The molecular formula is C15H27O3P. The predicted molar refractivity (Wildman–Crippen MR) is 82.8 cm³/mol. The van der Waals surface area contributed by atoms with E-state index in [9.17, 15) is 9.79 Å². The van der Waals surface area contributed by atoms with Gasteiger partial charge in [-0.1, -0.05) is 0 Å².